The molecule has 0 aromatic carbocycles. The molecule has 0 bridgehead atoms. The second-order valence-corrected chi connectivity index (χ2v) is 7.43. The molecule has 138 valence electrons. The van der Waals surface area contributed by atoms with E-state index in [-0.39, 0.29) is 17.3 Å². The Morgan fingerprint density at radius 3 is 2.84 bits per heavy atom. The second kappa shape index (κ2) is 8.11. The lowest BCUT2D eigenvalue weighted by Crippen LogP contribution is -2.45. The van der Waals surface area contributed by atoms with Crippen LogP contribution in [0.1, 0.15) is 66.2 Å². The van der Waals surface area contributed by atoms with Gasteiger partial charge in [-0.25, -0.2) is 4.39 Å². The average Bonchev–Trinajstić information content (AvgIpc) is 2.83. The maximum atomic E-state index is 15.0. The number of halogens is 1. The topological polar surface area (TPSA) is 36.8 Å². The molecule has 0 radical (unpaired) electrons. The third kappa shape index (κ3) is 4.10. The predicted molar refractivity (Wildman–Crippen MR) is 106 cm³/mol. The van der Waals surface area contributed by atoms with Crippen molar-refractivity contribution in [2.45, 2.75) is 77.9 Å². The van der Waals surface area contributed by atoms with Gasteiger partial charge in [-0.05, 0) is 75.4 Å². The molecule has 2 rings (SSSR count). The van der Waals surface area contributed by atoms with Crippen LogP contribution < -0.4 is 5.32 Å². The number of nitrogens with one attached hydrogen (secondary N) is 1. The molecule has 4 heteroatoms. The number of rotatable bonds is 4. The van der Waals surface area contributed by atoms with E-state index < -0.39 is 5.66 Å². The highest BCUT2D eigenvalue weighted by atomic mass is 19.1. The van der Waals surface area contributed by atoms with Crippen molar-refractivity contribution in [2.75, 3.05) is 0 Å². The van der Waals surface area contributed by atoms with E-state index in [0.29, 0.717) is 12.1 Å². The first-order valence-electron chi connectivity index (χ1n) is 9.46. The largest absolute Gasteiger partial charge is 0.384 e. The zero-order valence-electron chi connectivity index (χ0n) is 16.1. The zero-order chi connectivity index (χ0) is 18.5. The third-order valence-corrected chi connectivity index (χ3v) is 5.60. The van der Waals surface area contributed by atoms with Gasteiger partial charge < -0.3 is 5.32 Å². The van der Waals surface area contributed by atoms with Gasteiger partial charge in [-0.2, -0.15) is 0 Å². The molecule has 0 amide bonds. The summed E-state index contributed by atoms with van der Waals surface area (Å²) in [6, 6.07) is -0.0809. The number of hydrogen-bond acceptors (Lipinski definition) is 3. The molecule has 1 aliphatic carbocycles. The van der Waals surface area contributed by atoms with Crippen molar-refractivity contribution in [1.82, 2.24) is 5.32 Å². The van der Waals surface area contributed by atoms with Crippen LogP contribution >= 0.6 is 0 Å². The maximum Gasteiger partial charge on any atom is 0.191 e. The van der Waals surface area contributed by atoms with E-state index in [9.17, 15) is 0 Å². The van der Waals surface area contributed by atoms with Crippen LogP contribution in [0, 0.1) is 5.41 Å². The summed E-state index contributed by atoms with van der Waals surface area (Å²) in [7, 11) is 0. The van der Waals surface area contributed by atoms with Crippen LogP contribution in [0.15, 0.2) is 45.8 Å². The van der Waals surface area contributed by atoms with Crippen molar-refractivity contribution in [1.29, 1.82) is 0 Å². The monoisotopic (exact) mass is 345 g/mol. The minimum Gasteiger partial charge on any atom is -0.384 e. The summed E-state index contributed by atoms with van der Waals surface area (Å²) in [5.41, 5.74) is 0.670. The predicted octanol–water partition coefficient (Wildman–Crippen LogP) is 5.51. The minimum absolute atomic E-state index is 0.0809. The summed E-state index contributed by atoms with van der Waals surface area (Å²) in [6.45, 7) is 12.2. The molecular formula is C21H32FN3. The van der Waals surface area contributed by atoms with Gasteiger partial charge in [0.05, 0.1) is 11.8 Å². The van der Waals surface area contributed by atoms with Gasteiger partial charge in [-0.1, -0.05) is 32.9 Å². The standard InChI is InChI=1S/C21H32FN3/c1-6-10-17-11-9-14-24-16(3)21(17,23-5)25-19-12-8-13-20(4,7-2)15-18(19)22/h9-10,14-16,24H,5-8,11-13H2,1-4H3/b17-10+,25-19+. The lowest BCUT2D eigenvalue weighted by atomic mass is 9.83. The third-order valence-electron chi connectivity index (χ3n) is 5.60. The van der Waals surface area contributed by atoms with E-state index in [1.807, 2.05) is 13.1 Å². The quantitative estimate of drug-likeness (QED) is 0.529. The Labute approximate surface area is 151 Å². The van der Waals surface area contributed by atoms with Gasteiger partial charge in [0, 0.05) is 0 Å². The molecule has 0 aromatic rings. The van der Waals surface area contributed by atoms with E-state index in [1.54, 1.807) is 6.08 Å². The fraction of sp³-hybridized carbons (Fsp3) is 0.619. The first-order valence-corrected chi connectivity index (χ1v) is 9.46. The molecule has 3 atom stereocenters. The summed E-state index contributed by atoms with van der Waals surface area (Å²) in [5, 5.41) is 3.32. The van der Waals surface area contributed by atoms with Crippen LogP contribution in [0.2, 0.25) is 0 Å². The van der Waals surface area contributed by atoms with Gasteiger partial charge in [0.25, 0.3) is 0 Å². The van der Waals surface area contributed by atoms with Crippen LogP contribution in [-0.2, 0) is 0 Å². The number of allylic oxidation sites excluding steroid dienone is 4. The first kappa shape index (κ1) is 19.6. The lowest BCUT2D eigenvalue weighted by Gasteiger charge is -2.33. The molecule has 1 aliphatic heterocycles. The molecule has 0 saturated heterocycles. The normalized spacial score (nSPS) is 36.5. The second-order valence-electron chi connectivity index (χ2n) is 7.43. The fourth-order valence-electron chi connectivity index (χ4n) is 3.70. The van der Waals surface area contributed by atoms with Crippen LogP contribution in [0.25, 0.3) is 0 Å². The molecule has 0 aromatic heterocycles. The number of nitrogens with zero attached hydrogens (tertiary/aromatic N) is 2. The SMILES string of the molecule is C=NC1(/N=C2\CCCC(C)(CC)C=C2F)/C(=C/CC)CC=CNC1C. The highest BCUT2D eigenvalue weighted by Gasteiger charge is 2.40. The number of aliphatic imine (C=N–C) groups is 2. The molecule has 0 spiro atoms. The summed E-state index contributed by atoms with van der Waals surface area (Å²) in [4.78, 5) is 9.33. The highest BCUT2D eigenvalue weighted by molar-refractivity contribution is 5.99. The van der Waals surface area contributed by atoms with Crippen molar-refractivity contribution in [3.8, 4) is 0 Å². The zero-order valence-corrected chi connectivity index (χ0v) is 16.1. The Bertz CT molecular complexity index is 617. The smallest absolute Gasteiger partial charge is 0.191 e. The number of hydrogen-bond donors (Lipinski definition) is 1. The van der Waals surface area contributed by atoms with Crippen molar-refractivity contribution in [2.24, 2.45) is 15.4 Å². The Morgan fingerprint density at radius 2 is 2.20 bits per heavy atom. The van der Waals surface area contributed by atoms with E-state index >= 15 is 4.39 Å². The van der Waals surface area contributed by atoms with Crippen LogP contribution in [0.5, 0.6) is 0 Å². The van der Waals surface area contributed by atoms with E-state index in [2.05, 4.69) is 49.9 Å². The molecule has 25 heavy (non-hydrogen) atoms. The van der Waals surface area contributed by atoms with Crippen molar-refractivity contribution >= 4 is 12.4 Å². The van der Waals surface area contributed by atoms with Crippen molar-refractivity contribution < 1.29 is 4.39 Å². The van der Waals surface area contributed by atoms with Crippen LogP contribution in [-0.4, -0.2) is 24.1 Å². The lowest BCUT2D eigenvalue weighted by molar-refractivity contribution is 0.367. The summed E-state index contributed by atoms with van der Waals surface area (Å²) in [5.74, 6) is -0.190. The van der Waals surface area contributed by atoms with Crippen LogP contribution in [0.4, 0.5) is 4.39 Å². The summed E-state index contributed by atoms with van der Waals surface area (Å²) < 4.78 is 15.0. The van der Waals surface area contributed by atoms with Gasteiger partial charge in [0.2, 0.25) is 0 Å². The Kier molecular flexibility index (Phi) is 6.36. The molecule has 3 unspecified atom stereocenters. The van der Waals surface area contributed by atoms with Gasteiger partial charge >= 0.3 is 0 Å². The van der Waals surface area contributed by atoms with E-state index in [1.165, 1.54) is 0 Å². The van der Waals surface area contributed by atoms with E-state index in [0.717, 1.165) is 37.7 Å². The van der Waals surface area contributed by atoms with Gasteiger partial charge in [0.15, 0.2) is 5.66 Å². The maximum absolute atomic E-state index is 15.0. The molecule has 0 saturated carbocycles. The van der Waals surface area contributed by atoms with Gasteiger partial charge in [0.1, 0.15) is 5.83 Å². The Hall–Kier alpha value is -1.71. The summed E-state index contributed by atoms with van der Waals surface area (Å²) >= 11 is 0. The summed E-state index contributed by atoms with van der Waals surface area (Å²) in [6.07, 6.45) is 13.1. The minimum atomic E-state index is -0.854. The van der Waals surface area contributed by atoms with Gasteiger partial charge in [-0.3, -0.25) is 9.98 Å². The van der Waals surface area contributed by atoms with Gasteiger partial charge in [-0.15, -0.1) is 0 Å². The first-order chi connectivity index (χ1) is 11.9. The highest BCUT2D eigenvalue weighted by Crippen LogP contribution is 2.38. The Morgan fingerprint density at radius 1 is 1.44 bits per heavy atom. The fourth-order valence-corrected chi connectivity index (χ4v) is 3.70. The van der Waals surface area contributed by atoms with Crippen LogP contribution in [0.3, 0.4) is 0 Å². The molecule has 1 heterocycles. The average molecular weight is 346 g/mol. The molecule has 3 nitrogen and oxygen atoms in total. The molecule has 2 aliphatic rings. The molecule has 1 N–H and O–H groups in total. The molecular weight excluding hydrogens is 313 g/mol. The Balaban J connectivity index is 2.54. The molecule has 0 fully saturated rings. The van der Waals surface area contributed by atoms with E-state index in [4.69, 9.17) is 4.99 Å². The van der Waals surface area contributed by atoms with Crippen molar-refractivity contribution in [3.05, 3.63) is 35.8 Å². The van der Waals surface area contributed by atoms with Crippen molar-refractivity contribution in [3.63, 3.8) is 0 Å².